The Morgan fingerprint density at radius 3 is 1.38 bits per heavy atom. The van der Waals surface area contributed by atoms with Crippen molar-refractivity contribution >= 4 is 43.0 Å². The van der Waals surface area contributed by atoms with Gasteiger partial charge >= 0.3 is 174 Å². The fourth-order valence-electron chi connectivity index (χ4n) is 2.33. The third-order valence-electron chi connectivity index (χ3n) is 3.58. The molecule has 0 heterocycles. The Kier molecular flexibility index (Phi) is 8.19. The molecule has 0 saturated heterocycles. The summed E-state index contributed by atoms with van der Waals surface area (Å²) in [5, 5.41) is 4.91. The van der Waals surface area contributed by atoms with Gasteiger partial charge in [0.25, 0.3) is 0 Å². The molecular weight excluding hydrogens is 483 g/mol. The zero-order chi connectivity index (χ0) is 21.3. The van der Waals surface area contributed by atoms with Crippen LogP contribution in [0.3, 0.4) is 0 Å². The fraction of sp³-hybridized carbons (Fsp3) is 0.200. The number of benzene rings is 2. The summed E-state index contributed by atoms with van der Waals surface area (Å²) in [6, 6.07) is 16.9. The summed E-state index contributed by atoms with van der Waals surface area (Å²) in [7, 11) is 0. The Hall–Kier alpha value is -2.88. The van der Waals surface area contributed by atoms with Crippen LogP contribution in [-0.2, 0) is 15.7 Å². The van der Waals surface area contributed by atoms with Crippen molar-refractivity contribution in [3.63, 3.8) is 0 Å². The minimum atomic E-state index is -3.94. The van der Waals surface area contributed by atoms with Gasteiger partial charge in [0.05, 0.1) is 0 Å². The van der Waals surface area contributed by atoms with Crippen LogP contribution in [0.15, 0.2) is 60.7 Å². The first-order valence-electron chi connectivity index (χ1n) is 8.87. The zero-order valence-electron chi connectivity index (χ0n) is 16.1. The molecule has 2 aromatic rings. The van der Waals surface area contributed by atoms with Crippen LogP contribution in [0.1, 0.15) is 20.7 Å². The molecule has 0 radical (unpaired) electrons. The van der Waals surface area contributed by atoms with Crippen molar-refractivity contribution in [1.82, 2.24) is 10.6 Å². The molecule has 0 aliphatic carbocycles. The number of rotatable bonds is 8. The summed E-state index contributed by atoms with van der Waals surface area (Å²) in [6.45, 7) is -0.674. The van der Waals surface area contributed by atoms with E-state index in [1.165, 1.54) is 0 Å². The Labute approximate surface area is 173 Å². The fourth-order valence-corrected chi connectivity index (χ4v) is 5.99. The number of carbonyl (C=O) groups excluding carboxylic acids is 4. The van der Waals surface area contributed by atoms with E-state index in [0.29, 0.717) is 11.1 Å². The summed E-state index contributed by atoms with van der Waals surface area (Å²) < 4.78 is 10.6. The maximum absolute atomic E-state index is 12.0. The van der Waals surface area contributed by atoms with Crippen molar-refractivity contribution in [3.05, 3.63) is 71.8 Å². The van der Waals surface area contributed by atoms with Crippen LogP contribution >= 0.6 is 0 Å². The average Bonchev–Trinajstić information content (AvgIpc) is 2.70. The average molecular weight is 505 g/mol. The van der Waals surface area contributed by atoms with Crippen LogP contribution in [0.4, 0.5) is 0 Å². The molecule has 0 aliphatic heterocycles. The van der Waals surface area contributed by atoms with Gasteiger partial charge in [-0.05, 0) is 0 Å². The molecule has 2 aromatic carbocycles. The molecular formula is C20H22N2O6Sn. The molecule has 0 aliphatic rings. The summed E-state index contributed by atoms with van der Waals surface area (Å²) in [4.78, 5) is 51.0. The minimum absolute atomic E-state index is 0.337. The van der Waals surface area contributed by atoms with E-state index in [-0.39, 0.29) is 13.1 Å². The molecule has 9 heteroatoms. The second-order valence-electron chi connectivity index (χ2n) is 6.45. The number of hydrogen-bond donors (Lipinski definition) is 2. The van der Waals surface area contributed by atoms with Gasteiger partial charge in [0.2, 0.25) is 0 Å². The van der Waals surface area contributed by atoms with Crippen molar-refractivity contribution in [2.45, 2.75) is 9.88 Å². The second-order valence-corrected chi connectivity index (χ2v) is 15.6. The molecule has 0 spiro atoms. The molecule has 0 unspecified atom stereocenters. The van der Waals surface area contributed by atoms with E-state index in [9.17, 15) is 19.2 Å². The van der Waals surface area contributed by atoms with E-state index >= 15 is 0 Å². The monoisotopic (exact) mass is 506 g/mol. The van der Waals surface area contributed by atoms with Crippen LogP contribution in [0.5, 0.6) is 0 Å². The Balaban J connectivity index is 1.75. The van der Waals surface area contributed by atoms with Crippen molar-refractivity contribution in [1.29, 1.82) is 0 Å². The van der Waals surface area contributed by atoms with E-state index in [2.05, 4.69) is 10.6 Å². The Morgan fingerprint density at radius 1 is 0.690 bits per heavy atom. The van der Waals surface area contributed by atoms with Crippen molar-refractivity contribution in [2.24, 2.45) is 0 Å². The SMILES string of the molecule is [CH3][Sn]([CH3])([O]C(=O)CNC(=O)c1ccccc1)[O]C(=O)CNC(=O)c1ccccc1. The van der Waals surface area contributed by atoms with Gasteiger partial charge in [0.15, 0.2) is 0 Å². The van der Waals surface area contributed by atoms with Gasteiger partial charge in [-0.3, -0.25) is 0 Å². The van der Waals surface area contributed by atoms with Gasteiger partial charge in [0.1, 0.15) is 0 Å². The van der Waals surface area contributed by atoms with Crippen LogP contribution in [-0.4, -0.2) is 56.0 Å². The number of amides is 2. The van der Waals surface area contributed by atoms with Crippen LogP contribution < -0.4 is 10.6 Å². The molecule has 29 heavy (non-hydrogen) atoms. The van der Waals surface area contributed by atoms with Gasteiger partial charge in [-0.1, -0.05) is 0 Å². The molecule has 2 N–H and O–H groups in total. The van der Waals surface area contributed by atoms with Gasteiger partial charge in [-0.2, -0.15) is 0 Å². The first kappa shape index (κ1) is 22.4. The quantitative estimate of drug-likeness (QED) is 0.529. The van der Waals surface area contributed by atoms with Crippen molar-refractivity contribution < 1.29 is 25.3 Å². The predicted molar refractivity (Wildman–Crippen MR) is 107 cm³/mol. The molecule has 152 valence electrons. The second kappa shape index (κ2) is 10.6. The van der Waals surface area contributed by atoms with Crippen molar-refractivity contribution in [3.8, 4) is 0 Å². The molecule has 2 amide bonds. The summed E-state index contributed by atoms with van der Waals surface area (Å²) in [5.74, 6) is -2.18. The van der Waals surface area contributed by atoms with Crippen LogP contribution in [0.2, 0.25) is 9.88 Å². The molecule has 0 fully saturated rings. The van der Waals surface area contributed by atoms with Gasteiger partial charge < -0.3 is 0 Å². The standard InChI is InChI=1S/2C9H9NO3.2CH3.Sn/c2*11-8(12)6-10-9(13)7-4-2-1-3-5-7;;;/h2*1-5H,6H2,(H,10,13)(H,11,12);2*1H3;/q;;;;+2/p-2. The first-order chi connectivity index (χ1) is 13.8. The van der Waals surface area contributed by atoms with E-state index in [0.717, 1.165) is 0 Å². The Morgan fingerprint density at radius 2 is 1.03 bits per heavy atom. The van der Waals surface area contributed by atoms with E-state index in [4.69, 9.17) is 6.15 Å². The Bertz CT molecular complexity index is 800. The third-order valence-corrected chi connectivity index (χ3v) is 7.68. The van der Waals surface area contributed by atoms with Crippen LogP contribution in [0.25, 0.3) is 0 Å². The van der Waals surface area contributed by atoms with Crippen molar-refractivity contribution in [2.75, 3.05) is 13.1 Å². The van der Waals surface area contributed by atoms with Gasteiger partial charge in [0, 0.05) is 0 Å². The maximum atomic E-state index is 12.0. The summed E-state index contributed by atoms with van der Waals surface area (Å²) in [6.07, 6.45) is 0. The molecule has 0 saturated carbocycles. The molecule has 0 aromatic heterocycles. The molecule has 2 rings (SSSR count). The topological polar surface area (TPSA) is 111 Å². The number of nitrogens with one attached hydrogen (secondary N) is 2. The summed E-state index contributed by atoms with van der Waals surface area (Å²) >= 11 is -3.94. The molecule has 0 bridgehead atoms. The third kappa shape index (κ3) is 7.94. The van der Waals surface area contributed by atoms with E-state index < -0.39 is 43.0 Å². The predicted octanol–water partition coefficient (Wildman–Crippen LogP) is 1.63. The summed E-state index contributed by atoms with van der Waals surface area (Å²) in [5.41, 5.74) is 0.840. The van der Waals surface area contributed by atoms with E-state index in [1.807, 2.05) is 0 Å². The van der Waals surface area contributed by atoms with Gasteiger partial charge in [-0.15, -0.1) is 0 Å². The molecule has 8 nitrogen and oxygen atoms in total. The zero-order valence-corrected chi connectivity index (χ0v) is 19.0. The van der Waals surface area contributed by atoms with Gasteiger partial charge in [-0.25, -0.2) is 0 Å². The first-order valence-corrected chi connectivity index (χ1v) is 16.9. The molecule has 0 atom stereocenters. The number of carbonyl (C=O) groups is 4. The van der Waals surface area contributed by atoms with E-state index in [1.54, 1.807) is 70.5 Å². The normalized spacial score (nSPS) is 10.6. The van der Waals surface area contributed by atoms with Crippen LogP contribution in [0, 0.1) is 0 Å². The number of hydrogen-bond acceptors (Lipinski definition) is 6.